The number of amides is 3. The summed E-state index contributed by atoms with van der Waals surface area (Å²) >= 11 is 0. The van der Waals surface area contributed by atoms with Gasteiger partial charge in [-0.2, -0.15) is 4.31 Å². The van der Waals surface area contributed by atoms with Gasteiger partial charge in [0.15, 0.2) is 6.10 Å². The number of urea groups is 1. The van der Waals surface area contributed by atoms with Gasteiger partial charge >= 0.3 is 12.0 Å². The normalized spacial score (nSPS) is 16.2. The minimum Gasteiger partial charge on any atom is -0.449 e. The molecule has 10 heteroatoms. The van der Waals surface area contributed by atoms with Crippen LogP contribution >= 0.6 is 0 Å². The molecule has 3 amide bonds. The number of piperidine rings is 1. The number of nitrogens with one attached hydrogen (secondary N) is 2. The van der Waals surface area contributed by atoms with Crippen LogP contribution in [0.15, 0.2) is 29.2 Å². The van der Waals surface area contributed by atoms with Crippen LogP contribution in [0.25, 0.3) is 0 Å². The number of imide groups is 1. The Kier molecular flexibility index (Phi) is 6.92. The molecule has 0 unspecified atom stereocenters. The van der Waals surface area contributed by atoms with Gasteiger partial charge in [-0.25, -0.2) is 18.0 Å². The van der Waals surface area contributed by atoms with Crippen LogP contribution in [0.4, 0.5) is 4.79 Å². The second kappa shape index (κ2) is 8.96. The van der Waals surface area contributed by atoms with Gasteiger partial charge in [0.2, 0.25) is 10.0 Å². The largest absolute Gasteiger partial charge is 0.449 e. The Balaban J connectivity index is 2.02. The summed E-state index contributed by atoms with van der Waals surface area (Å²) in [6.07, 6.45) is 1.49. The Labute approximate surface area is 158 Å². The number of sulfonamides is 1. The highest BCUT2D eigenvalue weighted by Crippen LogP contribution is 2.21. The van der Waals surface area contributed by atoms with Crippen molar-refractivity contribution >= 4 is 27.9 Å². The average Bonchev–Trinajstić information content (AvgIpc) is 2.68. The second-order valence-corrected chi connectivity index (χ2v) is 8.04. The molecule has 9 nitrogen and oxygen atoms in total. The first-order chi connectivity index (χ1) is 12.8. The van der Waals surface area contributed by atoms with Gasteiger partial charge in [-0.05, 0) is 44.0 Å². The number of nitrogens with zero attached hydrogens (tertiary/aromatic N) is 1. The first-order valence-electron chi connectivity index (χ1n) is 8.59. The first kappa shape index (κ1) is 20.8. The van der Waals surface area contributed by atoms with Crippen molar-refractivity contribution in [1.29, 1.82) is 0 Å². The van der Waals surface area contributed by atoms with Crippen LogP contribution in [0, 0.1) is 0 Å². The van der Waals surface area contributed by atoms with E-state index in [1.54, 1.807) is 0 Å². The van der Waals surface area contributed by atoms with E-state index < -0.39 is 34.0 Å². The Morgan fingerprint density at radius 2 is 1.67 bits per heavy atom. The van der Waals surface area contributed by atoms with E-state index in [1.165, 1.54) is 42.5 Å². The fourth-order valence-electron chi connectivity index (χ4n) is 2.58. The summed E-state index contributed by atoms with van der Waals surface area (Å²) < 4.78 is 31.6. The van der Waals surface area contributed by atoms with Gasteiger partial charge in [0, 0.05) is 20.1 Å². The van der Waals surface area contributed by atoms with Crippen molar-refractivity contribution in [3.8, 4) is 0 Å². The summed E-state index contributed by atoms with van der Waals surface area (Å²) in [6.45, 7) is 2.31. The van der Waals surface area contributed by atoms with Crippen LogP contribution in [0.3, 0.4) is 0 Å². The van der Waals surface area contributed by atoms with Gasteiger partial charge in [-0.15, -0.1) is 0 Å². The van der Waals surface area contributed by atoms with Crippen LogP contribution in [0.2, 0.25) is 0 Å². The smallest absolute Gasteiger partial charge is 0.338 e. The first-order valence-corrected chi connectivity index (χ1v) is 10.0. The molecule has 2 rings (SSSR count). The number of hydrogen-bond acceptors (Lipinski definition) is 6. The summed E-state index contributed by atoms with van der Waals surface area (Å²) in [5, 5.41) is 4.21. The SMILES string of the molecule is CNC(=O)NC(=O)[C@@H](C)OC(=O)c1ccc(S(=O)(=O)N2CCCCC2)cc1. The van der Waals surface area contributed by atoms with E-state index in [1.807, 2.05) is 5.32 Å². The van der Waals surface area contributed by atoms with Gasteiger partial charge in [0.25, 0.3) is 5.91 Å². The molecule has 27 heavy (non-hydrogen) atoms. The third-order valence-corrected chi connectivity index (χ3v) is 6.07. The molecular weight excluding hydrogens is 374 g/mol. The lowest BCUT2D eigenvalue weighted by Crippen LogP contribution is -2.43. The summed E-state index contributed by atoms with van der Waals surface area (Å²) in [5.41, 5.74) is 0.104. The molecule has 1 aliphatic rings. The molecule has 0 bridgehead atoms. The predicted molar refractivity (Wildman–Crippen MR) is 96.5 cm³/mol. The zero-order valence-corrected chi connectivity index (χ0v) is 16.0. The molecule has 1 aromatic rings. The zero-order valence-electron chi connectivity index (χ0n) is 15.2. The highest BCUT2D eigenvalue weighted by atomic mass is 32.2. The van der Waals surface area contributed by atoms with Gasteiger partial charge in [0.1, 0.15) is 0 Å². The molecule has 1 aromatic carbocycles. The highest BCUT2D eigenvalue weighted by Gasteiger charge is 2.26. The molecule has 0 aromatic heterocycles. The number of carbonyl (C=O) groups excluding carboxylic acids is 3. The lowest BCUT2D eigenvalue weighted by Gasteiger charge is -2.25. The number of rotatable bonds is 5. The highest BCUT2D eigenvalue weighted by molar-refractivity contribution is 7.89. The van der Waals surface area contributed by atoms with Crippen molar-refractivity contribution in [1.82, 2.24) is 14.9 Å². The second-order valence-electron chi connectivity index (χ2n) is 6.11. The topological polar surface area (TPSA) is 122 Å². The lowest BCUT2D eigenvalue weighted by molar-refractivity contribution is -0.127. The van der Waals surface area contributed by atoms with E-state index in [0.717, 1.165) is 19.3 Å². The minimum atomic E-state index is -3.58. The number of carbonyl (C=O) groups is 3. The van der Waals surface area contributed by atoms with Gasteiger partial charge in [-0.3, -0.25) is 10.1 Å². The zero-order chi connectivity index (χ0) is 20.0. The molecule has 1 saturated heterocycles. The van der Waals surface area contributed by atoms with E-state index in [2.05, 4.69) is 5.32 Å². The Bertz CT molecular complexity index is 800. The molecule has 0 spiro atoms. The fourth-order valence-corrected chi connectivity index (χ4v) is 4.09. The van der Waals surface area contributed by atoms with E-state index >= 15 is 0 Å². The minimum absolute atomic E-state index is 0.103. The number of esters is 1. The maximum Gasteiger partial charge on any atom is 0.338 e. The van der Waals surface area contributed by atoms with Crippen molar-refractivity contribution in [3.63, 3.8) is 0 Å². The van der Waals surface area contributed by atoms with Crippen molar-refractivity contribution < 1.29 is 27.5 Å². The van der Waals surface area contributed by atoms with E-state index in [0.29, 0.717) is 13.1 Å². The monoisotopic (exact) mass is 397 g/mol. The predicted octanol–water partition coefficient (Wildman–Crippen LogP) is 0.862. The van der Waals surface area contributed by atoms with E-state index in [-0.39, 0.29) is 10.5 Å². The maximum absolute atomic E-state index is 12.6. The Morgan fingerprint density at radius 3 is 2.22 bits per heavy atom. The van der Waals surface area contributed by atoms with Crippen LogP contribution in [0.5, 0.6) is 0 Å². The average molecular weight is 397 g/mol. The third-order valence-electron chi connectivity index (χ3n) is 4.16. The summed E-state index contributed by atoms with van der Waals surface area (Å²) in [6, 6.07) is 4.65. The molecular formula is C17H23N3O6S. The Hall–Kier alpha value is -2.46. The van der Waals surface area contributed by atoms with Gasteiger partial charge in [-0.1, -0.05) is 6.42 Å². The van der Waals surface area contributed by atoms with Crippen LogP contribution < -0.4 is 10.6 Å². The number of hydrogen-bond donors (Lipinski definition) is 2. The van der Waals surface area contributed by atoms with Gasteiger partial charge in [0.05, 0.1) is 10.5 Å². The number of ether oxygens (including phenoxy) is 1. The molecule has 1 atom stereocenters. The van der Waals surface area contributed by atoms with E-state index in [4.69, 9.17) is 4.74 Å². The van der Waals surface area contributed by atoms with Crippen molar-refractivity contribution in [2.24, 2.45) is 0 Å². The standard InChI is InChI=1S/C17H23N3O6S/c1-12(15(21)19-17(23)18-2)26-16(22)13-6-8-14(9-7-13)27(24,25)20-10-4-3-5-11-20/h6-9,12H,3-5,10-11H2,1-2H3,(H2,18,19,21,23)/t12-/m1/s1. The molecule has 0 aliphatic carbocycles. The van der Waals surface area contributed by atoms with Crippen molar-refractivity contribution in [2.45, 2.75) is 37.2 Å². The fraction of sp³-hybridized carbons (Fsp3) is 0.471. The summed E-state index contributed by atoms with van der Waals surface area (Å²) in [7, 11) is -2.24. The van der Waals surface area contributed by atoms with Crippen LogP contribution in [0.1, 0.15) is 36.5 Å². The van der Waals surface area contributed by atoms with Crippen molar-refractivity contribution in [3.05, 3.63) is 29.8 Å². The van der Waals surface area contributed by atoms with Crippen LogP contribution in [-0.2, 0) is 19.6 Å². The summed E-state index contributed by atoms with van der Waals surface area (Å²) in [4.78, 5) is 35.0. The summed E-state index contributed by atoms with van der Waals surface area (Å²) in [5.74, 6) is -1.57. The van der Waals surface area contributed by atoms with Crippen molar-refractivity contribution in [2.75, 3.05) is 20.1 Å². The Morgan fingerprint density at radius 1 is 1.07 bits per heavy atom. The number of benzene rings is 1. The molecule has 148 valence electrons. The lowest BCUT2D eigenvalue weighted by atomic mass is 10.2. The molecule has 1 heterocycles. The molecule has 0 radical (unpaired) electrons. The third kappa shape index (κ3) is 5.27. The molecule has 1 fully saturated rings. The van der Waals surface area contributed by atoms with E-state index in [9.17, 15) is 22.8 Å². The molecule has 0 saturated carbocycles. The molecule has 2 N–H and O–H groups in total. The van der Waals surface area contributed by atoms with Gasteiger partial charge < -0.3 is 10.1 Å². The quantitative estimate of drug-likeness (QED) is 0.711. The molecule has 1 aliphatic heterocycles. The van der Waals surface area contributed by atoms with Crippen LogP contribution in [-0.4, -0.2) is 56.9 Å². The maximum atomic E-state index is 12.6.